The lowest BCUT2D eigenvalue weighted by atomic mass is 10.0. The molecule has 2 aromatic carbocycles. The predicted octanol–water partition coefficient (Wildman–Crippen LogP) is 1.33. The molecule has 248 valence electrons. The van der Waals surface area contributed by atoms with Crippen LogP contribution < -0.4 is 10.6 Å². The maximum Gasteiger partial charge on any atom is 0.413 e. The lowest BCUT2D eigenvalue weighted by Gasteiger charge is -2.22. The third-order valence-electron chi connectivity index (χ3n) is 6.49. The van der Waals surface area contributed by atoms with Crippen LogP contribution in [0.4, 0.5) is 4.79 Å². The quantitative estimate of drug-likeness (QED) is 0.0798. The Morgan fingerprint density at radius 3 is 2.09 bits per heavy atom. The third kappa shape index (κ3) is 11.8. The molecule has 0 radical (unpaired) electrons. The van der Waals surface area contributed by atoms with Crippen molar-refractivity contribution in [1.29, 1.82) is 0 Å². The van der Waals surface area contributed by atoms with E-state index in [9.17, 15) is 48.9 Å². The van der Waals surface area contributed by atoms with Crippen molar-refractivity contribution in [2.75, 3.05) is 25.2 Å². The first-order chi connectivity index (χ1) is 21.7. The zero-order chi connectivity index (χ0) is 34.4. The number of carboxylic acid groups (broad SMARTS) is 2. The number of imide groups is 1. The van der Waals surface area contributed by atoms with Crippen molar-refractivity contribution in [2.45, 2.75) is 44.7 Å². The number of esters is 1. The van der Waals surface area contributed by atoms with Gasteiger partial charge in [-0.1, -0.05) is 18.2 Å². The number of rotatable bonds is 17. The molecule has 2 aromatic rings. The molecule has 46 heavy (non-hydrogen) atoms. The summed E-state index contributed by atoms with van der Waals surface area (Å²) in [5.41, 5.74) is 1.81. The van der Waals surface area contributed by atoms with Gasteiger partial charge in [0.2, 0.25) is 11.7 Å². The van der Waals surface area contributed by atoms with Gasteiger partial charge in [0.15, 0.2) is 11.5 Å². The number of phenolic OH excluding ortho intramolecular Hbond substituents is 2. The molecule has 0 aromatic heterocycles. The van der Waals surface area contributed by atoms with Gasteiger partial charge in [0.05, 0.1) is 12.4 Å². The van der Waals surface area contributed by atoms with E-state index in [1.807, 2.05) is 0 Å². The van der Waals surface area contributed by atoms with Gasteiger partial charge >= 0.3 is 18.0 Å². The standard InChI is InChI=1S/C30H35N3O12S/c1-3-45-29(42)24(36)16-46-15-21(27(39)33(2)30(43)44)31-25(37)13-11-20(28(40)41)32-26(38)19-9-6-17(7-10-19)4-5-18-8-12-22(34)23(35)14-18/h6-10,12,14,20-21,34-35H,3-5,11,13,15-16H2,1-2H3,(H,31,37)(H,32,38)(H,40,41)(H,43,44). The molecule has 16 heteroatoms. The van der Waals surface area contributed by atoms with Crippen molar-refractivity contribution >= 4 is 53.3 Å². The first-order valence-corrected chi connectivity index (χ1v) is 15.1. The number of Topliss-reactive ketones (excluding diaryl/α,β-unsaturated/α-hetero) is 1. The number of carbonyl (C=O) groups excluding carboxylic acids is 5. The third-order valence-corrected chi connectivity index (χ3v) is 7.53. The van der Waals surface area contributed by atoms with Crippen LogP contribution in [0.15, 0.2) is 42.5 Å². The lowest BCUT2D eigenvalue weighted by Crippen LogP contribution is -2.50. The summed E-state index contributed by atoms with van der Waals surface area (Å²) in [4.78, 5) is 84.8. The first-order valence-electron chi connectivity index (χ1n) is 13.9. The molecule has 6 N–H and O–H groups in total. The average Bonchev–Trinajstić information content (AvgIpc) is 3.02. The van der Waals surface area contributed by atoms with E-state index >= 15 is 0 Å². The van der Waals surface area contributed by atoms with Gasteiger partial charge in [-0.2, -0.15) is 11.8 Å². The number of aliphatic carboxylic acids is 1. The molecule has 0 saturated heterocycles. The van der Waals surface area contributed by atoms with Gasteiger partial charge in [-0.25, -0.2) is 19.3 Å². The van der Waals surface area contributed by atoms with Crippen molar-refractivity contribution in [3.63, 3.8) is 0 Å². The second kappa shape index (κ2) is 18.0. The number of carbonyl (C=O) groups is 7. The van der Waals surface area contributed by atoms with E-state index in [0.29, 0.717) is 17.7 Å². The highest BCUT2D eigenvalue weighted by Gasteiger charge is 2.29. The minimum absolute atomic E-state index is 0.0176. The number of carboxylic acids is 1. The van der Waals surface area contributed by atoms with Crippen LogP contribution in [0.5, 0.6) is 11.5 Å². The molecule has 0 spiro atoms. The Hall–Kier alpha value is -5.12. The highest BCUT2D eigenvalue weighted by molar-refractivity contribution is 8.00. The second-order valence-corrected chi connectivity index (χ2v) is 10.9. The summed E-state index contributed by atoms with van der Waals surface area (Å²) in [6, 6.07) is 7.97. The summed E-state index contributed by atoms with van der Waals surface area (Å²) in [5.74, 6) is -7.05. The van der Waals surface area contributed by atoms with Crippen LogP contribution in [-0.2, 0) is 41.6 Å². The molecule has 0 aliphatic heterocycles. The molecule has 2 atom stereocenters. The smallest absolute Gasteiger partial charge is 0.413 e. The number of nitrogens with one attached hydrogen (secondary N) is 2. The minimum atomic E-state index is -1.60. The molecule has 4 amide bonds. The number of phenols is 2. The number of hydrogen-bond acceptors (Lipinski definition) is 11. The lowest BCUT2D eigenvalue weighted by molar-refractivity contribution is -0.152. The zero-order valence-corrected chi connectivity index (χ0v) is 25.9. The number of aromatic hydroxyl groups is 2. The van der Waals surface area contributed by atoms with Crippen LogP contribution in [0.1, 0.15) is 41.3 Å². The molecule has 0 fully saturated rings. The number of ketones is 1. The molecule has 0 aliphatic carbocycles. The number of nitrogens with zero attached hydrogens (tertiary/aromatic N) is 1. The SMILES string of the molecule is CCOC(=O)C(=O)CSCC(NC(=O)CCC(NC(=O)c1ccc(CCc2ccc(O)c(O)c2)cc1)C(=O)O)C(=O)N(C)C(=O)O. The van der Waals surface area contributed by atoms with E-state index in [1.54, 1.807) is 18.2 Å². The van der Waals surface area contributed by atoms with Gasteiger partial charge in [0.1, 0.15) is 12.1 Å². The Labute approximate surface area is 267 Å². The summed E-state index contributed by atoms with van der Waals surface area (Å²) >= 11 is 0.786. The van der Waals surface area contributed by atoms with Gasteiger partial charge in [0, 0.05) is 24.8 Å². The summed E-state index contributed by atoms with van der Waals surface area (Å²) in [5, 5.41) is 42.5. The van der Waals surface area contributed by atoms with Crippen LogP contribution in [0.2, 0.25) is 0 Å². The number of ether oxygens (including phenoxy) is 1. The number of likely N-dealkylation sites (N-methyl/N-ethyl adjacent to an activating group) is 1. The van der Waals surface area contributed by atoms with E-state index in [2.05, 4.69) is 15.4 Å². The summed E-state index contributed by atoms with van der Waals surface area (Å²) in [7, 11) is 0.961. The molecular formula is C30H35N3O12S. The highest BCUT2D eigenvalue weighted by atomic mass is 32.2. The molecule has 0 saturated carbocycles. The highest BCUT2D eigenvalue weighted by Crippen LogP contribution is 2.25. The van der Waals surface area contributed by atoms with Crippen LogP contribution in [0.25, 0.3) is 0 Å². The molecular weight excluding hydrogens is 626 g/mol. The van der Waals surface area contributed by atoms with Gasteiger partial charge in [-0.3, -0.25) is 19.2 Å². The monoisotopic (exact) mass is 661 g/mol. The minimum Gasteiger partial charge on any atom is -0.504 e. The maximum atomic E-state index is 12.7. The zero-order valence-electron chi connectivity index (χ0n) is 25.1. The number of amides is 4. The maximum absolute atomic E-state index is 12.7. The molecule has 2 unspecified atom stereocenters. The second-order valence-electron chi connectivity index (χ2n) is 9.88. The van der Waals surface area contributed by atoms with Crippen molar-refractivity contribution in [3.05, 3.63) is 59.2 Å². The topological polar surface area (TPSA) is 237 Å². The van der Waals surface area contributed by atoms with E-state index in [-0.39, 0.29) is 35.8 Å². The number of aryl methyl sites for hydroxylation is 2. The van der Waals surface area contributed by atoms with Gasteiger partial charge in [0.25, 0.3) is 11.8 Å². The van der Waals surface area contributed by atoms with Gasteiger partial charge < -0.3 is 35.8 Å². The van der Waals surface area contributed by atoms with Gasteiger partial charge in [-0.15, -0.1) is 0 Å². The van der Waals surface area contributed by atoms with Crippen molar-refractivity contribution < 1.29 is 58.7 Å². The Balaban J connectivity index is 1.96. The largest absolute Gasteiger partial charge is 0.504 e. The number of hydrogen-bond donors (Lipinski definition) is 6. The Morgan fingerprint density at radius 2 is 1.50 bits per heavy atom. The molecule has 2 rings (SSSR count). The molecule has 0 heterocycles. The summed E-state index contributed by atoms with van der Waals surface area (Å²) < 4.78 is 4.59. The summed E-state index contributed by atoms with van der Waals surface area (Å²) in [6.07, 6.45) is -1.32. The van der Waals surface area contributed by atoms with E-state index in [4.69, 9.17) is 5.11 Å². The predicted molar refractivity (Wildman–Crippen MR) is 163 cm³/mol. The van der Waals surface area contributed by atoms with E-state index in [0.717, 1.165) is 29.9 Å². The van der Waals surface area contributed by atoms with Crippen LogP contribution in [0, 0.1) is 0 Å². The molecule has 0 bridgehead atoms. The fourth-order valence-electron chi connectivity index (χ4n) is 3.92. The van der Waals surface area contributed by atoms with E-state index < -0.39 is 65.8 Å². The number of thioether (sulfide) groups is 1. The summed E-state index contributed by atoms with van der Waals surface area (Å²) in [6.45, 7) is 1.50. The Morgan fingerprint density at radius 1 is 0.870 bits per heavy atom. The van der Waals surface area contributed by atoms with Gasteiger partial charge in [-0.05, 0) is 61.6 Å². The van der Waals surface area contributed by atoms with Crippen LogP contribution >= 0.6 is 11.8 Å². The average molecular weight is 662 g/mol. The fraction of sp³-hybridized carbons (Fsp3) is 0.367. The van der Waals surface area contributed by atoms with E-state index in [1.165, 1.54) is 31.2 Å². The van der Waals surface area contributed by atoms with Crippen molar-refractivity contribution in [2.24, 2.45) is 0 Å². The molecule has 15 nitrogen and oxygen atoms in total. The Kier molecular flexibility index (Phi) is 14.5. The number of benzene rings is 2. The van der Waals surface area contributed by atoms with Crippen molar-refractivity contribution in [1.82, 2.24) is 15.5 Å². The van der Waals surface area contributed by atoms with Crippen molar-refractivity contribution in [3.8, 4) is 11.5 Å². The van der Waals surface area contributed by atoms with Crippen LogP contribution in [-0.4, -0.2) is 104 Å². The normalized spacial score (nSPS) is 11.9. The van der Waals surface area contributed by atoms with Crippen LogP contribution in [0.3, 0.4) is 0 Å². The first kappa shape index (κ1) is 37.1. The Bertz CT molecular complexity index is 1450. The fourth-order valence-corrected chi connectivity index (χ4v) is 4.80. The molecule has 0 aliphatic rings.